The summed E-state index contributed by atoms with van der Waals surface area (Å²) >= 11 is 2.95. The Balaban J connectivity index is 0.790. The fourth-order valence-electron chi connectivity index (χ4n) is 11.2. The van der Waals surface area contributed by atoms with E-state index in [-0.39, 0.29) is 47.7 Å². The molecule has 0 amide bonds. The number of carbonyl (C=O) groups excluding carboxylic acids is 6. The Hall–Kier alpha value is -8.08. The Morgan fingerprint density at radius 1 is 0.375 bits per heavy atom. The van der Waals surface area contributed by atoms with E-state index in [2.05, 4.69) is 13.2 Å². The van der Waals surface area contributed by atoms with Gasteiger partial charge in [-0.1, -0.05) is 125 Å². The summed E-state index contributed by atoms with van der Waals surface area (Å²) in [5, 5.41) is 1.32. The Labute approximate surface area is 523 Å². The number of rotatable bonds is 32. The molecule has 2 aliphatic rings. The lowest BCUT2D eigenvalue weighted by Gasteiger charge is -2.26. The van der Waals surface area contributed by atoms with E-state index in [0.29, 0.717) is 132 Å². The maximum absolute atomic E-state index is 14.5. The van der Waals surface area contributed by atoms with Crippen LogP contribution >= 0.6 is 22.7 Å². The van der Waals surface area contributed by atoms with Crippen LogP contribution in [0.1, 0.15) is 128 Å². The molecule has 0 saturated heterocycles. The molecule has 14 nitrogen and oxygen atoms in total. The summed E-state index contributed by atoms with van der Waals surface area (Å²) in [4.78, 5) is 80.1. The van der Waals surface area contributed by atoms with Crippen molar-refractivity contribution < 1.29 is 66.7 Å². The first-order chi connectivity index (χ1) is 43.0. The second-order valence-corrected chi connectivity index (χ2v) is 24.6. The van der Waals surface area contributed by atoms with Crippen molar-refractivity contribution in [3.05, 3.63) is 147 Å². The molecule has 0 bridgehead atoms. The van der Waals surface area contributed by atoms with Crippen molar-refractivity contribution in [2.75, 3.05) is 26.4 Å². The highest BCUT2D eigenvalue weighted by molar-refractivity contribution is 7.24. The molecule has 2 aliphatic carbocycles. The summed E-state index contributed by atoms with van der Waals surface area (Å²) in [5.74, 6) is -0.775. The minimum Gasteiger partial charge on any atom is -0.494 e. The summed E-state index contributed by atoms with van der Waals surface area (Å²) in [6, 6.07) is 38.1. The number of unbranched alkanes of at least 4 members (excludes halogenated alkanes) is 10. The van der Waals surface area contributed by atoms with Crippen LogP contribution in [0, 0.1) is 23.7 Å². The van der Waals surface area contributed by atoms with Gasteiger partial charge in [0, 0.05) is 32.7 Å². The predicted molar refractivity (Wildman–Crippen MR) is 343 cm³/mol. The quantitative estimate of drug-likeness (QED) is 0.0168. The fourth-order valence-corrected chi connectivity index (χ4v) is 13.5. The molecule has 16 heteroatoms. The smallest absolute Gasteiger partial charge is 0.330 e. The number of fused-ring (bicyclic) bond motifs is 2. The van der Waals surface area contributed by atoms with Crippen LogP contribution in [-0.4, -0.2) is 62.2 Å². The highest BCUT2D eigenvalue weighted by Gasteiger charge is 2.36. The Bertz CT molecular complexity index is 3160. The number of benzene rings is 5. The predicted octanol–water partition coefficient (Wildman–Crippen LogP) is 17.0. The molecule has 0 radical (unpaired) electrons. The third-order valence-corrected chi connectivity index (χ3v) is 18.6. The van der Waals surface area contributed by atoms with Crippen LogP contribution in [0.5, 0.6) is 34.5 Å². The number of hydrogen-bond donors (Lipinski definition) is 0. The zero-order chi connectivity index (χ0) is 61.5. The highest BCUT2D eigenvalue weighted by atomic mass is 32.1. The molecule has 0 unspecified atom stereocenters. The monoisotopic (exact) mass is 1230 g/mol. The minimum absolute atomic E-state index is 0.332. The van der Waals surface area contributed by atoms with E-state index in [1.165, 1.54) is 34.8 Å². The van der Waals surface area contributed by atoms with Crippen molar-refractivity contribution >= 4 is 78.7 Å². The molecule has 2 aromatic heterocycles. The number of hydrogen-bond acceptors (Lipinski definition) is 16. The molecule has 2 heterocycles. The standard InChI is InChI=1S/C72H78O14S2/c1-3-63(73)81-45-21-11-7-5-9-19-43-79-55-35-39-57(40-36-55)83-69(75)51-27-31-53(32-28-51)71(77)85-65-59-47-61(49-23-15-13-16-24-49)88-68(59)66(60-48-62(87-67(60)65)50-25-17-14-18-26-50)86-72(78)54-33-29-52(30-34-54)70(76)84-58-41-37-56(38-42-58)80-44-20-10-6-8-12-22-46-82-64(74)4-2/h3-4,13-18,23-26,35-42,47-48,51-54H,1-2,5-12,19-22,27-34,43-46H2. The van der Waals surface area contributed by atoms with E-state index >= 15 is 0 Å². The number of esters is 6. The SMILES string of the molecule is C=CC(=O)OCCCCCCCCOc1ccc(OC(=O)C2CCC(C(=O)Oc3c4cc(-c5ccccc5)sc4c(OC(=O)C4CCC(C(=O)Oc5ccc(OCCCCCCCCOC(=O)C=C)cc5)CC4)c4cc(-c5ccccc5)sc34)CC2)cc1. The average Bonchev–Trinajstić information content (AvgIpc) is 2.02. The molecule has 0 N–H and O–H groups in total. The lowest BCUT2D eigenvalue weighted by molar-refractivity contribution is -0.145. The Kier molecular flexibility index (Phi) is 24.4. The highest BCUT2D eigenvalue weighted by Crippen LogP contribution is 2.53. The summed E-state index contributed by atoms with van der Waals surface area (Å²) in [6.07, 6.45) is 17.9. The van der Waals surface area contributed by atoms with Crippen LogP contribution in [0.2, 0.25) is 0 Å². The van der Waals surface area contributed by atoms with E-state index < -0.39 is 11.8 Å². The van der Waals surface area contributed by atoms with Crippen molar-refractivity contribution in [2.24, 2.45) is 23.7 Å². The van der Waals surface area contributed by atoms with E-state index in [1.54, 1.807) is 48.5 Å². The van der Waals surface area contributed by atoms with Gasteiger partial charge < -0.3 is 37.9 Å². The van der Waals surface area contributed by atoms with Gasteiger partial charge in [-0.2, -0.15) is 0 Å². The van der Waals surface area contributed by atoms with Gasteiger partial charge in [-0.3, -0.25) is 19.2 Å². The molecular weight excluding hydrogens is 1150 g/mol. The van der Waals surface area contributed by atoms with Crippen molar-refractivity contribution in [2.45, 2.75) is 128 Å². The lowest BCUT2D eigenvalue weighted by Crippen LogP contribution is -2.30. The van der Waals surface area contributed by atoms with Crippen molar-refractivity contribution in [1.29, 1.82) is 0 Å². The van der Waals surface area contributed by atoms with E-state index in [0.717, 1.165) is 97.9 Å². The second-order valence-electron chi connectivity index (χ2n) is 22.5. The average molecular weight is 1230 g/mol. The first kappa shape index (κ1) is 64.4. The summed E-state index contributed by atoms with van der Waals surface area (Å²) in [7, 11) is 0. The molecule has 9 rings (SSSR count). The third-order valence-electron chi connectivity index (χ3n) is 16.2. The van der Waals surface area contributed by atoms with Gasteiger partial charge in [0.05, 0.1) is 59.5 Å². The molecule has 88 heavy (non-hydrogen) atoms. The molecule has 2 fully saturated rings. The molecule has 0 atom stereocenters. The first-order valence-corrected chi connectivity index (χ1v) is 32.7. The fraction of sp³-hybridized carbons (Fsp3) is 0.389. The molecule has 0 spiro atoms. The largest absolute Gasteiger partial charge is 0.494 e. The number of carbonyl (C=O) groups is 6. The van der Waals surface area contributed by atoms with Crippen LogP contribution in [0.15, 0.2) is 147 Å². The van der Waals surface area contributed by atoms with E-state index in [4.69, 9.17) is 37.9 Å². The van der Waals surface area contributed by atoms with E-state index in [9.17, 15) is 28.8 Å². The Morgan fingerprint density at radius 2 is 0.670 bits per heavy atom. The van der Waals surface area contributed by atoms with Gasteiger partial charge in [-0.15, -0.1) is 22.7 Å². The van der Waals surface area contributed by atoms with Crippen LogP contribution < -0.4 is 28.4 Å². The zero-order valence-corrected chi connectivity index (χ0v) is 51.6. The topological polar surface area (TPSA) is 176 Å². The Morgan fingerprint density at radius 3 is 1.00 bits per heavy atom. The van der Waals surface area contributed by atoms with Gasteiger partial charge in [-0.25, -0.2) is 9.59 Å². The maximum atomic E-state index is 14.5. The van der Waals surface area contributed by atoms with Crippen molar-refractivity contribution in [1.82, 2.24) is 0 Å². The molecule has 0 aliphatic heterocycles. The number of ether oxygens (including phenoxy) is 8. The summed E-state index contributed by atoms with van der Waals surface area (Å²) in [5.41, 5.74) is 1.93. The number of thiophene rings is 2. The third kappa shape index (κ3) is 18.5. The van der Waals surface area contributed by atoms with Crippen LogP contribution in [0.4, 0.5) is 0 Å². The van der Waals surface area contributed by atoms with Crippen molar-refractivity contribution in [3.63, 3.8) is 0 Å². The van der Waals surface area contributed by atoms with Crippen LogP contribution in [-0.2, 0) is 38.2 Å². The normalized spacial score (nSPS) is 16.5. The van der Waals surface area contributed by atoms with Gasteiger partial charge >= 0.3 is 35.8 Å². The summed E-state index contributed by atoms with van der Waals surface area (Å²) in [6.45, 7) is 8.81. The van der Waals surface area contributed by atoms with Crippen LogP contribution in [0.3, 0.4) is 0 Å². The molecule has 5 aromatic carbocycles. The second kappa shape index (κ2) is 33.3. The van der Waals surface area contributed by atoms with Crippen LogP contribution in [0.25, 0.3) is 41.1 Å². The van der Waals surface area contributed by atoms with Gasteiger partial charge in [-0.05, 0) is 149 Å². The zero-order valence-electron chi connectivity index (χ0n) is 49.9. The molecule has 2 saturated carbocycles. The van der Waals surface area contributed by atoms with Crippen molar-refractivity contribution in [3.8, 4) is 55.4 Å². The summed E-state index contributed by atoms with van der Waals surface area (Å²) < 4.78 is 48.1. The van der Waals surface area contributed by atoms with Gasteiger partial charge in [0.1, 0.15) is 23.0 Å². The van der Waals surface area contributed by atoms with Gasteiger partial charge in [0.15, 0.2) is 11.5 Å². The van der Waals surface area contributed by atoms with Gasteiger partial charge in [0.2, 0.25) is 0 Å². The maximum Gasteiger partial charge on any atom is 0.330 e. The van der Waals surface area contributed by atoms with Gasteiger partial charge in [0.25, 0.3) is 0 Å². The van der Waals surface area contributed by atoms with E-state index in [1.807, 2.05) is 72.8 Å². The molecule has 462 valence electrons. The lowest BCUT2D eigenvalue weighted by atomic mass is 9.82. The minimum atomic E-state index is -0.455. The molecular formula is C72H78O14S2. The first-order valence-electron chi connectivity index (χ1n) is 31.1. The molecule has 7 aromatic rings.